The Labute approximate surface area is 155 Å². The number of nitrogens with one attached hydrogen (secondary N) is 2. The molecule has 0 radical (unpaired) electrons. The monoisotopic (exact) mass is 356 g/mol. The van der Waals surface area contributed by atoms with Gasteiger partial charge in [-0.2, -0.15) is 0 Å². The van der Waals surface area contributed by atoms with Gasteiger partial charge in [-0.05, 0) is 24.7 Å². The SMILES string of the molecule is CN=C(NCc1ncc(-c2ccccc2)o1)NCC1(CCOC)CCC1. The van der Waals surface area contributed by atoms with Crippen molar-refractivity contribution < 1.29 is 9.15 Å². The van der Waals surface area contributed by atoms with Crippen LogP contribution in [0.5, 0.6) is 0 Å². The highest BCUT2D eigenvalue weighted by Gasteiger charge is 2.36. The summed E-state index contributed by atoms with van der Waals surface area (Å²) in [5.41, 5.74) is 1.37. The van der Waals surface area contributed by atoms with Crippen LogP contribution in [0.2, 0.25) is 0 Å². The smallest absolute Gasteiger partial charge is 0.214 e. The first-order valence-electron chi connectivity index (χ1n) is 9.18. The van der Waals surface area contributed by atoms with Crippen molar-refractivity contribution in [2.45, 2.75) is 32.2 Å². The number of guanidine groups is 1. The Balaban J connectivity index is 1.49. The Bertz CT molecular complexity index is 708. The lowest BCUT2D eigenvalue weighted by Crippen LogP contribution is -2.46. The molecule has 26 heavy (non-hydrogen) atoms. The summed E-state index contributed by atoms with van der Waals surface area (Å²) in [7, 11) is 3.54. The standard InChI is InChI=1S/C20H28N4O2/c1-21-19(24-15-20(9-6-10-20)11-12-25-2)23-14-18-22-13-17(26-18)16-7-4-3-5-8-16/h3-5,7-8,13H,6,9-12,14-15H2,1-2H3,(H2,21,23,24). The van der Waals surface area contributed by atoms with Crippen molar-refractivity contribution >= 4 is 5.96 Å². The molecule has 2 aromatic rings. The van der Waals surface area contributed by atoms with Gasteiger partial charge in [0, 0.05) is 32.9 Å². The number of hydrogen-bond donors (Lipinski definition) is 2. The molecule has 1 aliphatic rings. The normalized spacial score (nSPS) is 16.2. The Hall–Kier alpha value is -2.34. The average molecular weight is 356 g/mol. The average Bonchev–Trinajstić information content (AvgIpc) is 3.12. The lowest BCUT2D eigenvalue weighted by atomic mass is 9.67. The minimum atomic E-state index is 0.344. The highest BCUT2D eigenvalue weighted by atomic mass is 16.5. The number of oxazole rings is 1. The van der Waals surface area contributed by atoms with Gasteiger partial charge in [0.15, 0.2) is 11.7 Å². The van der Waals surface area contributed by atoms with E-state index in [1.54, 1.807) is 20.4 Å². The fourth-order valence-corrected chi connectivity index (χ4v) is 3.29. The molecule has 0 saturated heterocycles. The van der Waals surface area contributed by atoms with Gasteiger partial charge < -0.3 is 19.8 Å². The second-order valence-corrected chi connectivity index (χ2v) is 6.86. The Kier molecular flexibility index (Phi) is 6.28. The topological polar surface area (TPSA) is 71.7 Å². The zero-order chi connectivity index (χ0) is 18.2. The number of hydrogen-bond acceptors (Lipinski definition) is 4. The maximum atomic E-state index is 5.82. The van der Waals surface area contributed by atoms with Crippen molar-refractivity contribution in [1.29, 1.82) is 0 Å². The number of methoxy groups -OCH3 is 1. The predicted molar refractivity (Wildman–Crippen MR) is 103 cm³/mol. The summed E-state index contributed by atoms with van der Waals surface area (Å²) in [4.78, 5) is 8.65. The van der Waals surface area contributed by atoms with E-state index in [-0.39, 0.29) is 0 Å². The van der Waals surface area contributed by atoms with Gasteiger partial charge in [0.05, 0.1) is 12.7 Å². The van der Waals surface area contributed by atoms with Gasteiger partial charge in [0.2, 0.25) is 5.89 Å². The van der Waals surface area contributed by atoms with E-state index in [1.807, 2.05) is 30.3 Å². The van der Waals surface area contributed by atoms with E-state index in [4.69, 9.17) is 9.15 Å². The van der Waals surface area contributed by atoms with Gasteiger partial charge in [0.1, 0.15) is 0 Å². The second kappa shape index (κ2) is 8.85. The van der Waals surface area contributed by atoms with Gasteiger partial charge >= 0.3 is 0 Å². The number of ether oxygens (including phenoxy) is 1. The quantitative estimate of drug-likeness (QED) is 0.561. The summed E-state index contributed by atoms with van der Waals surface area (Å²) in [5.74, 6) is 2.19. The number of nitrogens with zero attached hydrogens (tertiary/aromatic N) is 2. The van der Waals surface area contributed by atoms with Crippen LogP contribution in [0.1, 0.15) is 31.6 Å². The molecular formula is C20H28N4O2. The first-order chi connectivity index (χ1) is 12.7. The van der Waals surface area contributed by atoms with E-state index in [2.05, 4.69) is 20.6 Å². The van der Waals surface area contributed by atoms with Crippen LogP contribution in [0, 0.1) is 5.41 Å². The summed E-state index contributed by atoms with van der Waals surface area (Å²) in [5, 5.41) is 6.72. The van der Waals surface area contributed by atoms with Crippen molar-refractivity contribution in [3.8, 4) is 11.3 Å². The van der Waals surface area contributed by atoms with Gasteiger partial charge in [-0.25, -0.2) is 4.98 Å². The zero-order valence-corrected chi connectivity index (χ0v) is 15.6. The van der Waals surface area contributed by atoms with E-state index in [0.29, 0.717) is 17.9 Å². The maximum absolute atomic E-state index is 5.82. The third-order valence-electron chi connectivity index (χ3n) is 5.12. The number of benzene rings is 1. The minimum Gasteiger partial charge on any atom is -0.439 e. The number of aliphatic imine (C=N–C) groups is 1. The first-order valence-corrected chi connectivity index (χ1v) is 9.18. The van der Waals surface area contributed by atoms with Gasteiger partial charge in [-0.3, -0.25) is 4.99 Å². The Morgan fingerprint density at radius 1 is 1.27 bits per heavy atom. The summed E-state index contributed by atoms with van der Waals surface area (Å²) in [6, 6.07) is 9.98. The summed E-state index contributed by atoms with van der Waals surface area (Å²) in [6.07, 6.45) is 6.65. The molecular weight excluding hydrogens is 328 g/mol. The predicted octanol–water partition coefficient (Wildman–Crippen LogP) is 3.21. The van der Waals surface area contributed by atoms with E-state index in [0.717, 1.165) is 36.9 Å². The maximum Gasteiger partial charge on any atom is 0.214 e. The lowest BCUT2D eigenvalue weighted by molar-refractivity contribution is 0.0732. The van der Waals surface area contributed by atoms with Crippen LogP contribution in [0.25, 0.3) is 11.3 Å². The molecule has 0 unspecified atom stereocenters. The molecule has 2 N–H and O–H groups in total. The highest BCUT2D eigenvalue weighted by Crippen LogP contribution is 2.43. The largest absolute Gasteiger partial charge is 0.439 e. The second-order valence-electron chi connectivity index (χ2n) is 6.86. The van der Waals surface area contributed by atoms with Crippen molar-refractivity contribution in [2.75, 3.05) is 27.3 Å². The van der Waals surface area contributed by atoms with E-state index in [1.165, 1.54) is 19.3 Å². The molecule has 1 aromatic carbocycles. The molecule has 0 aliphatic heterocycles. The first kappa shape index (κ1) is 18.5. The van der Waals surface area contributed by atoms with Crippen molar-refractivity contribution in [2.24, 2.45) is 10.4 Å². The molecule has 0 amide bonds. The van der Waals surface area contributed by atoms with E-state index in [9.17, 15) is 0 Å². The molecule has 1 aliphatic carbocycles. The summed E-state index contributed by atoms with van der Waals surface area (Å²) in [6.45, 7) is 2.22. The van der Waals surface area contributed by atoms with Crippen molar-refractivity contribution in [3.63, 3.8) is 0 Å². The summed E-state index contributed by atoms with van der Waals surface area (Å²) >= 11 is 0. The van der Waals surface area contributed by atoms with Gasteiger partial charge in [-0.1, -0.05) is 36.8 Å². The van der Waals surface area contributed by atoms with Crippen molar-refractivity contribution in [3.05, 3.63) is 42.4 Å². The molecule has 3 rings (SSSR count). The third kappa shape index (κ3) is 4.64. The number of aromatic nitrogens is 1. The fourth-order valence-electron chi connectivity index (χ4n) is 3.29. The molecule has 0 spiro atoms. The molecule has 6 nitrogen and oxygen atoms in total. The van der Waals surface area contributed by atoms with Crippen LogP contribution in [-0.2, 0) is 11.3 Å². The lowest BCUT2D eigenvalue weighted by Gasteiger charge is -2.42. The fraction of sp³-hybridized carbons (Fsp3) is 0.500. The summed E-state index contributed by atoms with van der Waals surface area (Å²) < 4.78 is 11.1. The van der Waals surface area contributed by atoms with Crippen LogP contribution in [0.4, 0.5) is 0 Å². The molecule has 0 atom stereocenters. The molecule has 1 fully saturated rings. The van der Waals surface area contributed by atoms with Crippen LogP contribution in [0.3, 0.4) is 0 Å². The molecule has 1 heterocycles. The van der Waals surface area contributed by atoms with Gasteiger partial charge in [0.25, 0.3) is 0 Å². The van der Waals surface area contributed by atoms with Gasteiger partial charge in [-0.15, -0.1) is 0 Å². The van der Waals surface area contributed by atoms with Crippen molar-refractivity contribution in [1.82, 2.24) is 15.6 Å². The Morgan fingerprint density at radius 2 is 2.08 bits per heavy atom. The van der Waals surface area contributed by atoms with Crippen LogP contribution in [0.15, 0.2) is 45.9 Å². The molecule has 1 saturated carbocycles. The van der Waals surface area contributed by atoms with Crippen LogP contribution in [-0.4, -0.2) is 38.3 Å². The molecule has 0 bridgehead atoms. The Morgan fingerprint density at radius 3 is 2.73 bits per heavy atom. The highest BCUT2D eigenvalue weighted by molar-refractivity contribution is 5.79. The number of rotatable bonds is 8. The minimum absolute atomic E-state index is 0.344. The van der Waals surface area contributed by atoms with E-state index < -0.39 is 0 Å². The van der Waals surface area contributed by atoms with E-state index >= 15 is 0 Å². The molecule has 140 valence electrons. The third-order valence-corrected chi connectivity index (χ3v) is 5.12. The molecule has 6 heteroatoms. The van der Waals surface area contributed by atoms with Crippen LogP contribution >= 0.6 is 0 Å². The molecule has 1 aromatic heterocycles. The zero-order valence-electron chi connectivity index (χ0n) is 15.6. The van der Waals surface area contributed by atoms with Crippen LogP contribution < -0.4 is 10.6 Å².